The van der Waals surface area contributed by atoms with E-state index in [9.17, 15) is 0 Å². The fraction of sp³-hybridized carbons (Fsp3) is 0.0811. The Hall–Kier alpha value is -5.02. The number of rotatable bonds is 3. The number of hydrogen-bond acceptors (Lipinski definition) is 2. The summed E-state index contributed by atoms with van der Waals surface area (Å²) in [6.45, 7) is 4.66. The van der Waals surface area contributed by atoms with Crippen molar-refractivity contribution in [3.8, 4) is 39.3 Å². The molecule has 3 aromatic heterocycles. The molecule has 0 saturated heterocycles. The van der Waals surface area contributed by atoms with Gasteiger partial charge >= 0.3 is 0 Å². The zero-order valence-electron chi connectivity index (χ0n) is 22.5. The van der Waals surface area contributed by atoms with Crippen molar-refractivity contribution in [1.29, 1.82) is 0 Å². The summed E-state index contributed by atoms with van der Waals surface area (Å²) in [5.74, 6) is 0.985. The molecule has 40 heavy (non-hydrogen) atoms. The Labute approximate surface area is 233 Å². The van der Waals surface area contributed by atoms with Gasteiger partial charge in [0.1, 0.15) is 5.82 Å². The van der Waals surface area contributed by atoms with Crippen LogP contribution in [0.15, 0.2) is 128 Å². The quantitative estimate of drug-likeness (QED) is 0.236. The Morgan fingerprint density at radius 1 is 0.575 bits per heavy atom. The van der Waals surface area contributed by atoms with Crippen molar-refractivity contribution in [2.75, 3.05) is 0 Å². The Balaban J connectivity index is 1.48. The molecule has 1 aliphatic rings. The smallest absolute Gasteiger partial charge is 0.141 e. The van der Waals surface area contributed by atoms with Crippen molar-refractivity contribution in [1.82, 2.24) is 14.5 Å². The molecule has 1 aliphatic heterocycles. The molecule has 0 unspecified atom stereocenters. The lowest BCUT2D eigenvalue weighted by atomic mass is 9.74. The molecule has 0 radical (unpaired) electrons. The maximum atomic E-state index is 5.28. The molecule has 0 N–H and O–H groups in total. The zero-order valence-corrected chi connectivity index (χ0v) is 22.5. The van der Waals surface area contributed by atoms with Crippen molar-refractivity contribution < 1.29 is 0 Å². The van der Waals surface area contributed by atoms with Crippen LogP contribution in [0.1, 0.15) is 25.0 Å². The van der Waals surface area contributed by atoms with Crippen LogP contribution in [0.2, 0.25) is 0 Å². The van der Waals surface area contributed by atoms with Gasteiger partial charge in [-0.3, -0.25) is 4.57 Å². The standard InChI is InChI=1S/C37H27N3/c1-37(2)30-21-27(24-12-6-3-7-13-24)20-29-34-33(19-18-32(39-34)26-16-10-5-11-17-26)40(35(29)30)36-31(37)22-28(23-38-36)25-14-8-4-9-15-25/h3-23H,1-2H3. The monoisotopic (exact) mass is 513 g/mol. The van der Waals surface area contributed by atoms with E-state index in [4.69, 9.17) is 9.97 Å². The highest BCUT2D eigenvalue weighted by Gasteiger charge is 2.37. The van der Waals surface area contributed by atoms with Crippen molar-refractivity contribution in [3.63, 3.8) is 0 Å². The summed E-state index contributed by atoms with van der Waals surface area (Å²) < 4.78 is 2.34. The summed E-state index contributed by atoms with van der Waals surface area (Å²) in [4.78, 5) is 10.4. The predicted octanol–water partition coefficient (Wildman–Crippen LogP) is 9.21. The molecule has 0 aliphatic carbocycles. The number of benzene rings is 4. The number of hydrogen-bond donors (Lipinski definition) is 0. The van der Waals surface area contributed by atoms with Gasteiger partial charge in [0.05, 0.1) is 22.2 Å². The minimum Gasteiger partial charge on any atom is -0.292 e. The summed E-state index contributed by atoms with van der Waals surface area (Å²) in [7, 11) is 0. The molecule has 4 heterocycles. The van der Waals surface area contributed by atoms with E-state index >= 15 is 0 Å². The van der Waals surface area contributed by atoms with E-state index in [1.54, 1.807) is 0 Å². The molecule has 0 amide bonds. The molecule has 0 atom stereocenters. The Bertz CT molecular complexity index is 2050. The zero-order chi connectivity index (χ0) is 26.8. The number of pyridine rings is 2. The highest BCUT2D eigenvalue weighted by Crippen LogP contribution is 2.49. The molecule has 4 aromatic carbocycles. The van der Waals surface area contributed by atoms with Gasteiger partial charge in [0, 0.05) is 33.7 Å². The number of aromatic nitrogens is 3. The van der Waals surface area contributed by atoms with Crippen LogP contribution < -0.4 is 0 Å². The first-order chi connectivity index (χ1) is 19.6. The highest BCUT2D eigenvalue weighted by molar-refractivity contribution is 6.11. The van der Waals surface area contributed by atoms with Crippen molar-refractivity contribution >= 4 is 21.9 Å². The first-order valence-corrected chi connectivity index (χ1v) is 13.8. The van der Waals surface area contributed by atoms with Gasteiger partial charge in [-0.2, -0.15) is 0 Å². The summed E-state index contributed by atoms with van der Waals surface area (Å²) in [5, 5.41) is 1.16. The lowest BCUT2D eigenvalue weighted by molar-refractivity contribution is 0.625. The van der Waals surface area contributed by atoms with Crippen molar-refractivity contribution in [3.05, 3.63) is 139 Å². The Kier molecular flexibility index (Phi) is 4.86. The second kappa shape index (κ2) is 8.49. The number of nitrogens with zero attached hydrogens (tertiary/aromatic N) is 3. The summed E-state index contributed by atoms with van der Waals surface area (Å²) in [5.41, 5.74) is 12.4. The SMILES string of the molecule is CC1(C)c2cc(-c3ccccc3)cnc2-n2c3ccc(-c4ccccc4)nc3c3cc(-c4ccccc4)cc1c32. The molecule has 0 fully saturated rings. The topological polar surface area (TPSA) is 30.7 Å². The van der Waals surface area contributed by atoms with Gasteiger partial charge < -0.3 is 0 Å². The lowest BCUT2D eigenvalue weighted by Crippen LogP contribution is -2.27. The maximum absolute atomic E-state index is 5.28. The van der Waals surface area contributed by atoms with E-state index < -0.39 is 0 Å². The van der Waals surface area contributed by atoms with Gasteiger partial charge in [0.15, 0.2) is 0 Å². The first-order valence-electron chi connectivity index (χ1n) is 13.8. The molecule has 7 aromatic rings. The van der Waals surface area contributed by atoms with E-state index in [2.05, 4.69) is 134 Å². The fourth-order valence-electron chi connectivity index (χ4n) is 6.30. The second-order valence-corrected chi connectivity index (χ2v) is 11.1. The highest BCUT2D eigenvalue weighted by atomic mass is 15.1. The summed E-state index contributed by atoms with van der Waals surface area (Å²) >= 11 is 0. The molecule has 3 heteroatoms. The van der Waals surface area contributed by atoms with Crippen LogP contribution in [0.3, 0.4) is 0 Å². The molecule has 0 spiro atoms. The molecule has 0 bridgehead atoms. The van der Waals surface area contributed by atoms with E-state index in [1.807, 2.05) is 12.3 Å². The van der Waals surface area contributed by atoms with Gasteiger partial charge in [-0.25, -0.2) is 9.97 Å². The van der Waals surface area contributed by atoms with Gasteiger partial charge in [0.25, 0.3) is 0 Å². The van der Waals surface area contributed by atoms with Crippen LogP contribution in [-0.4, -0.2) is 14.5 Å². The largest absolute Gasteiger partial charge is 0.292 e. The van der Waals surface area contributed by atoms with Gasteiger partial charge in [0.2, 0.25) is 0 Å². The minimum atomic E-state index is -0.261. The average Bonchev–Trinajstić information content (AvgIpc) is 3.34. The lowest BCUT2D eigenvalue weighted by Gasteiger charge is -2.34. The Morgan fingerprint density at radius 3 is 1.85 bits per heavy atom. The summed E-state index contributed by atoms with van der Waals surface area (Å²) in [6.07, 6.45) is 2.01. The molecular weight excluding hydrogens is 486 g/mol. The van der Waals surface area contributed by atoms with Crippen LogP contribution in [0.5, 0.6) is 0 Å². The fourth-order valence-corrected chi connectivity index (χ4v) is 6.30. The predicted molar refractivity (Wildman–Crippen MR) is 165 cm³/mol. The number of fused-ring (bicyclic) bond motifs is 5. The van der Waals surface area contributed by atoms with Gasteiger partial charge in [-0.15, -0.1) is 0 Å². The average molecular weight is 514 g/mol. The Morgan fingerprint density at radius 2 is 1.18 bits per heavy atom. The maximum Gasteiger partial charge on any atom is 0.141 e. The third-order valence-corrected chi connectivity index (χ3v) is 8.41. The van der Waals surface area contributed by atoms with Crippen LogP contribution in [0.25, 0.3) is 61.3 Å². The molecule has 8 rings (SSSR count). The second-order valence-electron chi connectivity index (χ2n) is 11.1. The molecule has 190 valence electrons. The minimum absolute atomic E-state index is 0.261. The van der Waals surface area contributed by atoms with Crippen LogP contribution in [-0.2, 0) is 5.41 Å². The van der Waals surface area contributed by atoms with Crippen LogP contribution in [0, 0.1) is 0 Å². The van der Waals surface area contributed by atoms with E-state index in [1.165, 1.54) is 33.3 Å². The first kappa shape index (κ1) is 22.9. The molecular formula is C37H27N3. The normalized spacial score (nSPS) is 13.4. The van der Waals surface area contributed by atoms with Crippen molar-refractivity contribution in [2.24, 2.45) is 0 Å². The van der Waals surface area contributed by atoms with E-state index in [0.29, 0.717) is 0 Å². The third kappa shape index (κ3) is 3.31. The summed E-state index contributed by atoms with van der Waals surface area (Å²) in [6, 6.07) is 43.0. The van der Waals surface area contributed by atoms with E-state index in [-0.39, 0.29) is 5.41 Å². The van der Waals surface area contributed by atoms with E-state index in [0.717, 1.165) is 39.1 Å². The van der Waals surface area contributed by atoms with Crippen LogP contribution in [0.4, 0.5) is 0 Å². The van der Waals surface area contributed by atoms with Crippen molar-refractivity contribution in [2.45, 2.75) is 19.3 Å². The molecule has 3 nitrogen and oxygen atoms in total. The van der Waals surface area contributed by atoms with Gasteiger partial charge in [-0.1, -0.05) is 105 Å². The van der Waals surface area contributed by atoms with Crippen LogP contribution >= 0.6 is 0 Å². The van der Waals surface area contributed by atoms with Gasteiger partial charge in [-0.05, 0) is 52.6 Å². The molecule has 0 saturated carbocycles. The third-order valence-electron chi connectivity index (χ3n) is 8.41.